The molecule has 3 heteroatoms. The molecule has 0 saturated heterocycles. The van der Waals surface area contributed by atoms with Gasteiger partial charge in [0.15, 0.2) is 0 Å². The van der Waals surface area contributed by atoms with Crippen molar-refractivity contribution in [2.24, 2.45) is 5.41 Å². The molecule has 0 spiro atoms. The van der Waals surface area contributed by atoms with Gasteiger partial charge in [0, 0.05) is 17.2 Å². The molecule has 0 aliphatic heterocycles. The molecule has 0 N–H and O–H groups in total. The molecular formula is C10H14Cl2O. The lowest BCUT2D eigenvalue weighted by Crippen LogP contribution is -2.26. The number of hydrogen-bond acceptors (Lipinski definition) is 1. The summed E-state index contributed by atoms with van der Waals surface area (Å²) in [5.41, 5.74) is 1.19. The van der Waals surface area contributed by atoms with Gasteiger partial charge in [-0.3, -0.25) is 0 Å². The molecule has 0 atom stereocenters. The lowest BCUT2D eigenvalue weighted by Gasteiger charge is -2.27. The minimum absolute atomic E-state index is 0.0208. The summed E-state index contributed by atoms with van der Waals surface area (Å²) < 4.78 is 5.01. The molecule has 0 fully saturated rings. The third-order valence-electron chi connectivity index (χ3n) is 2.48. The van der Waals surface area contributed by atoms with E-state index in [1.807, 2.05) is 6.07 Å². The highest BCUT2D eigenvalue weighted by atomic mass is 35.5. The van der Waals surface area contributed by atoms with Crippen LogP contribution in [-0.4, -0.2) is 11.8 Å². The van der Waals surface area contributed by atoms with E-state index in [0.717, 1.165) is 12.8 Å². The molecule has 0 aromatic carbocycles. The molecule has 1 nitrogen and oxygen atoms in total. The first-order chi connectivity index (χ1) is 6.26. The molecule has 13 heavy (non-hydrogen) atoms. The van der Waals surface area contributed by atoms with E-state index in [-0.39, 0.29) is 5.41 Å². The second kappa shape index (κ2) is 4.92. The molecule has 74 valence electrons. The molecule has 1 aromatic heterocycles. The number of hydrogen-bond donors (Lipinski definition) is 0. The van der Waals surface area contributed by atoms with E-state index in [1.54, 1.807) is 12.5 Å². The monoisotopic (exact) mass is 220 g/mol. The Bertz CT molecular complexity index is 219. The van der Waals surface area contributed by atoms with Gasteiger partial charge in [-0.15, -0.1) is 23.2 Å². The van der Waals surface area contributed by atoms with E-state index in [2.05, 4.69) is 6.92 Å². The van der Waals surface area contributed by atoms with Crippen LogP contribution in [0.2, 0.25) is 0 Å². The smallest absolute Gasteiger partial charge is 0.0934 e. The summed E-state index contributed by atoms with van der Waals surface area (Å²) in [6, 6.07) is 1.96. The maximum absolute atomic E-state index is 5.93. The minimum atomic E-state index is 0.0208. The molecule has 1 aromatic rings. The van der Waals surface area contributed by atoms with E-state index < -0.39 is 0 Å². The lowest BCUT2D eigenvalue weighted by molar-refractivity contribution is 0.360. The van der Waals surface area contributed by atoms with E-state index in [9.17, 15) is 0 Å². The Morgan fingerprint density at radius 2 is 2.08 bits per heavy atom. The Morgan fingerprint density at radius 3 is 2.46 bits per heavy atom. The van der Waals surface area contributed by atoms with Crippen molar-refractivity contribution in [2.75, 3.05) is 11.8 Å². The Hall–Kier alpha value is -0.140. The van der Waals surface area contributed by atoms with Gasteiger partial charge in [-0.2, -0.15) is 0 Å². The van der Waals surface area contributed by atoms with Crippen molar-refractivity contribution in [2.45, 2.75) is 19.8 Å². The van der Waals surface area contributed by atoms with Crippen molar-refractivity contribution < 1.29 is 4.42 Å². The van der Waals surface area contributed by atoms with E-state index in [4.69, 9.17) is 27.6 Å². The first kappa shape index (κ1) is 10.9. The third kappa shape index (κ3) is 2.65. The largest absolute Gasteiger partial charge is 0.472 e. The Balaban J connectivity index is 2.67. The standard InChI is InChI=1S/C10H14Cl2O/c1-2-10(7-11,8-12)5-9-3-4-13-6-9/h3-4,6H,2,5,7-8H2,1H3. The molecule has 0 aliphatic carbocycles. The zero-order chi connectivity index (χ0) is 9.73. The second-order valence-electron chi connectivity index (χ2n) is 3.43. The van der Waals surface area contributed by atoms with Crippen LogP contribution in [0, 0.1) is 5.41 Å². The normalized spacial score (nSPS) is 11.9. The van der Waals surface area contributed by atoms with Crippen molar-refractivity contribution >= 4 is 23.2 Å². The van der Waals surface area contributed by atoms with Gasteiger partial charge < -0.3 is 4.42 Å². The van der Waals surface area contributed by atoms with Crippen LogP contribution in [0.1, 0.15) is 18.9 Å². The van der Waals surface area contributed by atoms with E-state index in [1.165, 1.54) is 5.56 Å². The summed E-state index contributed by atoms with van der Waals surface area (Å²) >= 11 is 11.9. The van der Waals surface area contributed by atoms with Crippen LogP contribution in [0.3, 0.4) is 0 Å². The van der Waals surface area contributed by atoms with Crippen LogP contribution < -0.4 is 0 Å². The molecule has 1 rings (SSSR count). The highest BCUT2D eigenvalue weighted by Gasteiger charge is 2.26. The van der Waals surface area contributed by atoms with Crippen LogP contribution in [0.4, 0.5) is 0 Å². The quantitative estimate of drug-likeness (QED) is 0.691. The van der Waals surface area contributed by atoms with Gasteiger partial charge in [0.1, 0.15) is 0 Å². The first-order valence-corrected chi connectivity index (χ1v) is 5.46. The lowest BCUT2D eigenvalue weighted by atomic mass is 9.84. The van der Waals surface area contributed by atoms with Gasteiger partial charge in [-0.1, -0.05) is 6.92 Å². The van der Waals surface area contributed by atoms with Gasteiger partial charge >= 0.3 is 0 Å². The van der Waals surface area contributed by atoms with Crippen molar-refractivity contribution in [3.05, 3.63) is 24.2 Å². The zero-order valence-corrected chi connectivity index (χ0v) is 9.24. The van der Waals surface area contributed by atoms with E-state index in [0.29, 0.717) is 11.8 Å². The third-order valence-corrected chi connectivity index (χ3v) is 3.61. The number of rotatable bonds is 5. The fourth-order valence-electron chi connectivity index (χ4n) is 1.27. The maximum Gasteiger partial charge on any atom is 0.0934 e. The molecule has 0 bridgehead atoms. The number of furan rings is 1. The maximum atomic E-state index is 5.93. The average Bonchev–Trinajstić information content (AvgIpc) is 2.67. The van der Waals surface area contributed by atoms with Crippen molar-refractivity contribution in [3.8, 4) is 0 Å². The van der Waals surface area contributed by atoms with Gasteiger partial charge in [-0.25, -0.2) is 0 Å². The SMILES string of the molecule is CCC(CCl)(CCl)Cc1ccoc1. The summed E-state index contributed by atoms with van der Waals surface area (Å²) in [6.45, 7) is 2.12. The molecule has 0 unspecified atom stereocenters. The Labute approximate surface area is 89.0 Å². The van der Waals surface area contributed by atoms with Gasteiger partial charge in [-0.05, 0) is 24.5 Å². The fourth-order valence-corrected chi connectivity index (χ4v) is 2.12. The second-order valence-corrected chi connectivity index (χ2v) is 3.96. The first-order valence-electron chi connectivity index (χ1n) is 4.39. The highest BCUT2D eigenvalue weighted by Crippen LogP contribution is 2.30. The Morgan fingerprint density at radius 1 is 1.38 bits per heavy atom. The molecule has 0 radical (unpaired) electrons. The predicted molar refractivity (Wildman–Crippen MR) is 56.6 cm³/mol. The molecule has 0 aliphatic rings. The van der Waals surface area contributed by atoms with Crippen molar-refractivity contribution in [1.29, 1.82) is 0 Å². The summed E-state index contributed by atoms with van der Waals surface area (Å²) in [6.07, 6.45) is 5.32. The minimum Gasteiger partial charge on any atom is -0.472 e. The molecule has 1 heterocycles. The number of halogens is 2. The average molecular weight is 221 g/mol. The number of alkyl halides is 2. The van der Waals surface area contributed by atoms with Crippen LogP contribution in [0.15, 0.2) is 23.0 Å². The van der Waals surface area contributed by atoms with Crippen LogP contribution in [-0.2, 0) is 6.42 Å². The van der Waals surface area contributed by atoms with Crippen molar-refractivity contribution in [1.82, 2.24) is 0 Å². The van der Waals surface area contributed by atoms with Crippen LogP contribution >= 0.6 is 23.2 Å². The van der Waals surface area contributed by atoms with Crippen molar-refractivity contribution in [3.63, 3.8) is 0 Å². The predicted octanol–water partition coefficient (Wildman–Crippen LogP) is 3.70. The summed E-state index contributed by atoms with van der Waals surface area (Å²) in [5, 5.41) is 0. The molecular weight excluding hydrogens is 207 g/mol. The van der Waals surface area contributed by atoms with Crippen LogP contribution in [0.25, 0.3) is 0 Å². The fraction of sp³-hybridized carbons (Fsp3) is 0.600. The zero-order valence-electron chi connectivity index (χ0n) is 7.72. The van der Waals surface area contributed by atoms with Gasteiger partial charge in [0.25, 0.3) is 0 Å². The van der Waals surface area contributed by atoms with E-state index >= 15 is 0 Å². The molecule has 0 saturated carbocycles. The topological polar surface area (TPSA) is 13.1 Å². The van der Waals surface area contributed by atoms with Gasteiger partial charge in [0.2, 0.25) is 0 Å². The van der Waals surface area contributed by atoms with Gasteiger partial charge in [0.05, 0.1) is 12.5 Å². The summed E-state index contributed by atoms with van der Waals surface area (Å²) in [4.78, 5) is 0. The summed E-state index contributed by atoms with van der Waals surface area (Å²) in [7, 11) is 0. The molecule has 0 amide bonds. The summed E-state index contributed by atoms with van der Waals surface area (Å²) in [5.74, 6) is 1.19. The highest BCUT2D eigenvalue weighted by molar-refractivity contribution is 6.21. The van der Waals surface area contributed by atoms with Crippen LogP contribution in [0.5, 0.6) is 0 Å². The Kier molecular flexibility index (Phi) is 4.14.